The largest absolute Gasteiger partial charge is 0.493 e. The Balaban J connectivity index is 2.34. The van der Waals surface area contributed by atoms with Crippen molar-refractivity contribution in [1.29, 1.82) is 0 Å². The van der Waals surface area contributed by atoms with Crippen LogP contribution in [0.15, 0.2) is 35.2 Å². The van der Waals surface area contributed by atoms with Crippen molar-refractivity contribution < 1.29 is 22.6 Å². The van der Waals surface area contributed by atoms with Gasteiger partial charge in [0.1, 0.15) is 4.90 Å². The average molecular weight is 366 g/mol. The van der Waals surface area contributed by atoms with Gasteiger partial charge in [0.2, 0.25) is 15.8 Å². The summed E-state index contributed by atoms with van der Waals surface area (Å²) in [6.07, 6.45) is 0. The highest BCUT2D eigenvalue weighted by Gasteiger charge is 2.16. The molecule has 2 aromatic rings. The van der Waals surface area contributed by atoms with Crippen molar-refractivity contribution >= 4 is 15.7 Å². The Bertz CT molecular complexity index is 840. The summed E-state index contributed by atoms with van der Waals surface area (Å²) in [6, 6.07) is 8.62. The van der Waals surface area contributed by atoms with Crippen LogP contribution in [-0.4, -0.2) is 29.7 Å². The van der Waals surface area contributed by atoms with Crippen LogP contribution in [0.5, 0.6) is 17.2 Å². The smallest absolute Gasteiger partial charge is 0.240 e. The second-order valence-corrected chi connectivity index (χ2v) is 6.96. The van der Waals surface area contributed by atoms with Crippen LogP contribution < -0.4 is 24.7 Å². The minimum atomic E-state index is -3.83. The van der Waals surface area contributed by atoms with Crippen LogP contribution in [0.1, 0.15) is 11.1 Å². The molecule has 0 aliphatic rings. The van der Waals surface area contributed by atoms with Gasteiger partial charge in [-0.2, -0.15) is 0 Å². The summed E-state index contributed by atoms with van der Waals surface area (Å²) >= 11 is 0. The Kier molecular flexibility index (Phi) is 5.76. The molecule has 0 radical (unpaired) electrons. The minimum absolute atomic E-state index is 0.0555. The molecule has 0 saturated heterocycles. The molecule has 8 heteroatoms. The number of hydrogen-bond acceptors (Lipinski definition) is 6. The maximum absolute atomic E-state index is 11.8. The highest BCUT2D eigenvalue weighted by atomic mass is 32.2. The SMILES string of the molecule is COc1cc(CNc2ccc(C)cc2S(N)(=O)=O)cc(OC)c1OC. The second-order valence-electron chi connectivity index (χ2n) is 5.43. The number of methoxy groups -OCH3 is 3. The molecule has 0 spiro atoms. The van der Waals surface area contributed by atoms with Gasteiger partial charge in [0, 0.05) is 6.54 Å². The first-order valence-corrected chi connectivity index (χ1v) is 9.01. The molecule has 0 atom stereocenters. The molecule has 136 valence electrons. The minimum Gasteiger partial charge on any atom is -0.493 e. The first kappa shape index (κ1) is 18.9. The molecule has 2 aromatic carbocycles. The highest BCUT2D eigenvalue weighted by Crippen LogP contribution is 2.38. The molecule has 0 heterocycles. The molecule has 0 bridgehead atoms. The maximum Gasteiger partial charge on any atom is 0.240 e. The molecule has 3 N–H and O–H groups in total. The molecule has 0 amide bonds. The Morgan fingerprint density at radius 2 is 1.60 bits per heavy atom. The van der Waals surface area contributed by atoms with E-state index in [1.165, 1.54) is 27.4 Å². The van der Waals surface area contributed by atoms with Crippen LogP contribution in [-0.2, 0) is 16.6 Å². The van der Waals surface area contributed by atoms with E-state index in [1.54, 1.807) is 25.1 Å². The van der Waals surface area contributed by atoms with E-state index in [0.29, 0.717) is 29.5 Å². The van der Waals surface area contributed by atoms with E-state index >= 15 is 0 Å². The molecule has 0 aliphatic heterocycles. The van der Waals surface area contributed by atoms with Crippen molar-refractivity contribution in [1.82, 2.24) is 0 Å². The zero-order valence-corrected chi connectivity index (χ0v) is 15.4. The lowest BCUT2D eigenvalue weighted by Gasteiger charge is -2.16. The quantitative estimate of drug-likeness (QED) is 0.780. The summed E-state index contributed by atoms with van der Waals surface area (Å²) in [4.78, 5) is 0.0555. The molecule has 2 rings (SSSR count). The molecule has 25 heavy (non-hydrogen) atoms. The van der Waals surface area contributed by atoms with Crippen LogP contribution in [0.25, 0.3) is 0 Å². The van der Waals surface area contributed by atoms with Gasteiger partial charge in [0.05, 0.1) is 27.0 Å². The van der Waals surface area contributed by atoms with Gasteiger partial charge in [-0.1, -0.05) is 6.07 Å². The lowest BCUT2D eigenvalue weighted by atomic mass is 10.1. The van der Waals surface area contributed by atoms with Gasteiger partial charge in [-0.25, -0.2) is 13.6 Å². The number of aryl methyl sites for hydroxylation is 1. The third kappa shape index (κ3) is 4.34. The summed E-state index contributed by atoms with van der Waals surface area (Å²) in [5.41, 5.74) is 2.07. The van der Waals surface area contributed by atoms with Gasteiger partial charge in [0.15, 0.2) is 11.5 Å². The number of nitrogens with two attached hydrogens (primary N) is 1. The van der Waals surface area contributed by atoms with E-state index in [-0.39, 0.29) is 4.90 Å². The number of nitrogens with one attached hydrogen (secondary N) is 1. The summed E-state index contributed by atoms with van der Waals surface area (Å²) in [7, 11) is 0.773. The first-order chi connectivity index (χ1) is 11.8. The summed E-state index contributed by atoms with van der Waals surface area (Å²) in [6.45, 7) is 2.15. The summed E-state index contributed by atoms with van der Waals surface area (Å²) in [5, 5.41) is 8.39. The number of benzene rings is 2. The van der Waals surface area contributed by atoms with Gasteiger partial charge in [-0.15, -0.1) is 0 Å². The van der Waals surface area contributed by atoms with Crippen molar-refractivity contribution in [2.24, 2.45) is 5.14 Å². The van der Waals surface area contributed by atoms with Crippen LogP contribution in [0.4, 0.5) is 5.69 Å². The van der Waals surface area contributed by atoms with Crippen molar-refractivity contribution in [2.75, 3.05) is 26.6 Å². The Labute approximate surface area is 147 Å². The molecular formula is C17H22N2O5S. The average Bonchev–Trinajstić information content (AvgIpc) is 2.58. The normalized spacial score (nSPS) is 11.1. The molecular weight excluding hydrogens is 344 g/mol. The summed E-state index contributed by atoms with van der Waals surface area (Å²) < 4.78 is 39.5. The number of ether oxygens (including phenoxy) is 3. The van der Waals surface area contributed by atoms with Gasteiger partial charge in [0.25, 0.3) is 0 Å². The van der Waals surface area contributed by atoms with Crippen molar-refractivity contribution in [2.45, 2.75) is 18.4 Å². The number of primary sulfonamides is 1. The molecule has 0 aromatic heterocycles. The Morgan fingerprint density at radius 1 is 1.00 bits per heavy atom. The molecule has 0 fully saturated rings. The number of anilines is 1. The fourth-order valence-electron chi connectivity index (χ4n) is 2.45. The molecule has 0 aliphatic carbocycles. The molecule has 7 nitrogen and oxygen atoms in total. The van der Waals surface area contributed by atoms with Crippen molar-refractivity contribution in [3.63, 3.8) is 0 Å². The highest BCUT2D eigenvalue weighted by molar-refractivity contribution is 7.89. The van der Waals surface area contributed by atoms with Crippen LogP contribution in [0.3, 0.4) is 0 Å². The van der Waals surface area contributed by atoms with Gasteiger partial charge >= 0.3 is 0 Å². The third-order valence-corrected chi connectivity index (χ3v) is 4.60. The molecule has 0 unspecified atom stereocenters. The van der Waals surface area contributed by atoms with E-state index in [9.17, 15) is 8.42 Å². The lowest BCUT2D eigenvalue weighted by molar-refractivity contribution is 0.324. The Hall–Kier alpha value is -2.45. The van der Waals surface area contributed by atoms with E-state index in [4.69, 9.17) is 19.3 Å². The zero-order valence-electron chi connectivity index (χ0n) is 14.6. The van der Waals surface area contributed by atoms with E-state index in [1.807, 2.05) is 6.07 Å². The van der Waals surface area contributed by atoms with Gasteiger partial charge < -0.3 is 19.5 Å². The van der Waals surface area contributed by atoms with Crippen molar-refractivity contribution in [3.8, 4) is 17.2 Å². The topological polar surface area (TPSA) is 99.9 Å². The van der Waals surface area contributed by atoms with Gasteiger partial charge in [-0.05, 0) is 42.3 Å². The standard InChI is InChI=1S/C17H22N2O5S/c1-11-5-6-13(16(7-11)25(18,20)21)19-10-12-8-14(22-2)17(24-4)15(9-12)23-3/h5-9,19H,10H2,1-4H3,(H2,18,20,21). The Morgan fingerprint density at radius 3 is 2.08 bits per heavy atom. The number of hydrogen-bond donors (Lipinski definition) is 2. The van der Waals surface area contributed by atoms with Crippen molar-refractivity contribution in [3.05, 3.63) is 41.5 Å². The summed E-state index contributed by atoms with van der Waals surface area (Å²) in [5.74, 6) is 1.54. The van der Waals surface area contributed by atoms with E-state index < -0.39 is 10.0 Å². The van der Waals surface area contributed by atoms with E-state index in [2.05, 4.69) is 5.32 Å². The zero-order chi connectivity index (χ0) is 18.6. The fourth-order valence-corrected chi connectivity index (χ4v) is 3.24. The molecule has 0 saturated carbocycles. The van der Waals surface area contributed by atoms with Crippen LogP contribution in [0.2, 0.25) is 0 Å². The first-order valence-electron chi connectivity index (χ1n) is 7.46. The lowest BCUT2D eigenvalue weighted by Crippen LogP contribution is -2.15. The maximum atomic E-state index is 11.8. The predicted molar refractivity (Wildman–Crippen MR) is 96.0 cm³/mol. The predicted octanol–water partition coefficient (Wildman–Crippen LogP) is 2.28. The number of sulfonamides is 1. The fraction of sp³-hybridized carbons (Fsp3) is 0.294. The second kappa shape index (κ2) is 7.62. The van der Waals surface area contributed by atoms with Crippen LogP contribution in [0, 0.1) is 6.92 Å². The van der Waals surface area contributed by atoms with E-state index in [0.717, 1.165) is 11.1 Å². The van der Waals surface area contributed by atoms with Crippen LogP contribution >= 0.6 is 0 Å². The third-order valence-electron chi connectivity index (χ3n) is 3.65. The van der Waals surface area contributed by atoms with Gasteiger partial charge in [-0.3, -0.25) is 0 Å². The number of rotatable bonds is 7. The monoisotopic (exact) mass is 366 g/mol.